The lowest BCUT2D eigenvalue weighted by atomic mass is 9.96. The van der Waals surface area contributed by atoms with Crippen LogP contribution in [0.4, 0.5) is 0 Å². The third-order valence-electron chi connectivity index (χ3n) is 4.01. The highest BCUT2D eigenvalue weighted by Gasteiger charge is 2.20. The molecular formula is C19H14O. The van der Waals surface area contributed by atoms with Gasteiger partial charge in [0.15, 0.2) is 0 Å². The molecule has 20 heavy (non-hydrogen) atoms. The van der Waals surface area contributed by atoms with Crippen LogP contribution in [0.2, 0.25) is 0 Å². The topological polar surface area (TPSA) is 20.2 Å². The van der Waals surface area contributed by atoms with E-state index in [-0.39, 0.29) is 0 Å². The Morgan fingerprint density at radius 2 is 1.45 bits per heavy atom. The predicted octanol–water partition coefficient (Wildman–Crippen LogP) is 4.63. The summed E-state index contributed by atoms with van der Waals surface area (Å²) in [6, 6.07) is 22.5. The van der Waals surface area contributed by atoms with Gasteiger partial charge in [-0.2, -0.15) is 0 Å². The van der Waals surface area contributed by atoms with Gasteiger partial charge < -0.3 is 5.11 Å². The minimum atomic E-state index is 0.315. The van der Waals surface area contributed by atoms with Crippen molar-refractivity contribution in [1.29, 1.82) is 0 Å². The van der Waals surface area contributed by atoms with Crippen LogP contribution in [-0.2, 0) is 6.42 Å². The number of rotatable bonds is 1. The maximum Gasteiger partial charge on any atom is 0.116 e. The summed E-state index contributed by atoms with van der Waals surface area (Å²) >= 11 is 0. The van der Waals surface area contributed by atoms with Crippen LogP contribution in [0.3, 0.4) is 0 Å². The number of hydrogen-bond acceptors (Lipinski definition) is 1. The Morgan fingerprint density at radius 1 is 0.700 bits per heavy atom. The highest BCUT2D eigenvalue weighted by molar-refractivity contribution is 5.84. The van der Waals surface area contributed by atoms with E-state index in [1.54, 1.807) is 6.07 Å². The summed E-state index contributed by atoms with van der Waals surface area (Å²) < 4.78 is 0. The number of fused-ring (bicyclic) bond motifs is 3. The fourth-order valence-electron chi connectivity index (χ4n) is 3.10. The third kappa shape index (κ3) is 1.64. The molecule has 0 heterocycles. The summed E-state index contributed by atoms with van der Waals surface area (Å²) in [6.07, 6.45) is 0.970. The highest BCUT2D eigenvalue weighted by Crippen LogP contribution is 2.41. The van der Waals surface area contributed by atoms with Gasteiger partial charge in [0, 0.05) is 0 Å². The molecule has 0 aliphatic heterocycles. The molecule has 1 aliphatic carbocycles. The molecule has 0 bridgehead atoms. The Bertz CT molecular complexity index is 802. The number of phenolic OH excluding ortho intramolecular Hbond substituents is 1. The SMILES string of the molecule is Oc1cccc(-c2cccc3c2Cc2ccccc2-3)c1. The van der Waals surface area contributed by atoms with Crippen molar-refractivity contribution in [1.82, 2.24) is 0 Å². The second-order valence-corrected chi connectivity index (χ2v) is 5.22. The number of benzene rings is 3. The minimum absolute atomic E-state index is 0.315. The van der Waals surface area contributed by atoms with E-state index in [4.69, 9.17) is 0 Å². The van der Waals surface area contributed by atoms with Gasteiger partial charge in [-0.25, -0.2) is 0 Å². The molecule has 96 valence electrons. The van der Waals surface area contributed by atoms with Crippen molar-refractivity contribution in [2.75, 3.05) is 0 Å². The fraction of sp³-hybridized carbons (Fsp3) is 0.0526. The van der Waals surface area contributed by atoms with Gasteiger partial charge >= 0.3 is 0 Å². The summed E-state index contributed by atoms with van der Waals surface area (Å²) in [6.45, 7) is 0. The van der Waals surface area contributed by atoms with Crippen molar-refractivity contribution in [2.45, 2.75) is 6.42 Å². The van der Waals surface area contributed by atoms with Crippen LogP contribution >= 0.6 is 0 Å². The molecule has 0 saturated heterocycles. The van der Waals surface area contributed by atoms with E-state index in [0.717, 1.165) is 12.0 Å². The van der Waals surface area contributed by atoms with Gasteiger partial charge in [-0.3, -0.25) is 0 Å². The van der Waals surface area contributed by atoms with Crippen molar-refractivity contribution in [3.63, 3.8) is 0 Å². The van der Waals surface area contributed by atoms with Gasteiger partial charge in [-0.05, 0) is 51.9 Å². The van der Waals surface area contributed by atoms with Gasteiger partial charge in [0.2, 0.25) is 0 Å². The van der Waals surface area contributed by atoms with Crippen LogP contribution in [-0.4, -0.2) is 5.11 Å². The smallest absolute Gasteiger partial charge is 0.116 e. The maximum absolute atomic E-state index is 9.70. The van der Waals surface area contributed by atoms with E-state index in [0.29, 0.717) is 5.75 Å². The molecule has 0 spiro atoms. The van der Waals surface area contributed by atoms with Gasteiger partial charge in [-0.1, -0.05) is 54.6 Å². The van der Waals surface area contributed by atoms with E-state index < -0.39 is 0 Å². The van der Waals surface area contributed by atoms with Gasteiger partial charge in [0.1, 0.15) is 5.75 Å². The zero-order valence-corrected chi connectivity index (χ0v) is 11.0. The molecule has 0 amide bonds. The molecule has 1 N–H and O–H groups in total. The van der Waals surface area contributed by atoms with Crippen LogP contribution in [0.25, 0.3) is 22.3 Å². The summed E-state index contributed by atoms with van der Waals surface area (Å²) in [4.78, 5) is 0. The van der Waals surface area contributed by atoms with E-state index >= 15 is 0 Å². The van der Waals surface area contributed by atoms with Crippen LogP contribution in [0.15, 0.2) is 66.7 Å². The molecule has 0 saturated carbocycles. The number of hydrogen-bond donors (Lipinski definition) is 1. The Balaban J connectivity index is 1.94. The first kappa shape index (κ1) is 11.3. The molecule has 0 fully saturated rings. The zero-order chi connectivity index (χ0) is 13.5. The molecule has 0 unspecified atom stereocenters. The molecule has 3 aromatic carbocycles. The van der Waals surface area contributed by atoms with Crippen LogP contribution < -0.4 is 0 Å². The largest absolute Gasteiger partial charge is 0.508 e. The Hall–Kier alpha value is -2.54. The fourth-order valence-corrected chi connectivity index (χ4v) is 3.10. The van der Waals surface area contributed by atoms with Crippen molar-refractivity contribution < 1.29 is 5.11 Å². The van der Waals surface area contributed by atoms with Crippen LogP contribution in [0.1, 0.15) is 11.1 Å². The van der Waals surface area contributed by atoms with Crippen molar-refractivity contribution in [3.8, 4) is 28.0 Å². The van der Waals surface area contributed by atoms with Crippen LogP contribution in [0, 0.1) is 0 Å². The van der Waals surface area contributed by atoms with E-state index in [1.165, 1.54) is 27.8 Å². The average Bonchev–Trinajstić information content (AvgIpc) is 2.86. The first-order chi connectivity index (χ1) is 9.83. The molecular weight excluding hydrogens is 244 g/mol. The molecule has 0 atom stereocenters. The van der Waals surface area contributed by atoms with Crippen molar-refractivity contribution in [3.05, 3.63) is 77.9 Å². The Kier molecular flexibility index (Phi) is 2.40. The summed E-state index contributed by atoms with van der Waals surface area (Å²) in [7, 11) is 0. The molecule has 1 nitrogen and oxygen atoms in total. The highest BCUT2D eigenvalue weighted by atomic mass is 16.3. The predicted molar refractivity (Wildman–Crippen MR) is 81.8 cm³/mol. The average molecular weight is 258 g/mol. The molecule has 0 radical (unpaired) electrons. The van der Waals surface area contributed by atoms with Crippen molar-refractivity contribution >= 4 is 0 Å². The normalized spacial score (nSPS) is 12.0. The van der Waals surface area contributed by atoms with Gasteiger partial charge in [0.25, 0.3) is 0 Å². The molecule has 1 heteroatoms. The summed E-state index contributed by atoms with van der Waals surface area (Å²) in [5.74, 6) is 0.315. The minimum Gasteiger partial charge on any atom is -0.508 e. The van der Waals surface area contributed by atoms with Gasteiger partial charge in [-0.15, -0.1) is 0 Å². The number of phenols is 1. The van der Waals surface area contributed by atoms with E-state index in [2.05, 4.69) is 48.5 Å². The summed E-state index contributed by atoms with van der Waals surface area (Å²) in [5, 5.41) is 9.70. The molecule has 0 aromatic heterocycles. The lowest BCUT2D eigenvalue weighted by Crippen LogP contribution is -1.87. The second-order valence-electron chi connectivity index (χ2n) is 5.22. The monoisotopic (exact) mass is 258 g/mol. The Morgan fingerprint density at radius 3 is 2.35 bits per heavy atom. The lowest BCUT2D eigenvalue weighted by Gasteiger charge is -2.09. The van der Waals surface area contributed by atoms with Crippen LogP contribution in [0.5, 0.6) is 5.75 Å². The molecule has 4 rings (SSSR count). The standard InChI is InChI=1S/C19H14O/c20-15-7-3-6-13(11-15)17-9-4-10-18-16-8-2-1-5-14(16)12-19(17)18/h1-11,20H,12H2. The van der Waals surface area contributed by atoms with E-state index in [1.807, 2.05) is 12.1 Å². The lowest BCUT2D eigenvalue weighted by molar-refractivity contribution is 0.475. The van der Waals surface area contributed by atoms with E-state index in [9.17, 15) is 5.11 Å². The Labute approximate surface area is 118 Å². The quantitative estimate of drug-likeness (QED) is 0.527. The first-order valence-corrected chi connectivity index (χ1v) is 6.82. The second kappa shape index (κ2) is 4.24. The zero-order valence-electron chi connectivity index (χ0n) is 11.0. The van der Waals surface area contributed by atoms with Crippen molar-refractivity contribution in [2.24, 2.45) is 0 Å². The first-order valence-electron chi connectivity index (χ1n) is 6.82. The van der Waals surface area contributed by atoms with Gasteiger partial charge in [0.05, 0.1) is 0 Å². The molecule has 1 aliphatic rings. The number of aromatic hydroxyl groups is 1. The molecule has 3 aromatic rings. The summed E-state index contributed by atoms with van der Waals surface area (Å²) in [5.41, 5.74) is 7.70. The third-order valence-corrected chi connectivity index (χ3v) is 4.01. The maximum atomic E-state index is 9.70.